The fraction of sp³-hybridized carbons (Fsp3) is 0.231. The van der Waals surface area contributed by atoms with Crippen LogP contribution in [0.25, 0.3) is 10.9 Å². The monoisotopic (exact) mass is 229 g/mol. The Hall–Kier alpha value is -1.94. The number of nitrogens with one attached hydrogen (secondary N) is 2. The van der Waals surface area contributed by atoms with E-state index in [4.69, 9.17) is 0 Å². The first-order valence-electron chi connectivity index (χ1n) is 5.65. The van der Waals surface area contributed by atoms with Crippen LogP contribution < -0.4 is 10.6 Å². The lowest BCUT2D eigenvalue weighted by Crippen LogP contribution is -2.27. The number of nitrogens with zero attached hydrogens (tertiary/aromatic N) is 1. The van der Waals surface area contributed by atoms with E-state index in [1.165, 1.54) is 0 Å². The number of aromatic nitrogens is 1. The first-order valence-corrected chi connectivity index (χ1v) is 5.65. The predicted molar refractivity (Wildman–Crippen MR) is 68.9 cm³/mol. The summed E-state index contributed by atoms with van der Waals surface area (Å²) in [6, 6.07) is 9.74. The third-order valence-corrected chi connectivity index (χ3v) is 2.41. The molecule has 4 nitrogen and oxygen atoms in total. The number of carbonyl (C=O) groups is 1. The zero-order chi connectivity index (χ0) is 12.1. The van der Waals surface area contributed by atoms with Crippen LogP contribution >= 0.6 is 0 Å². The standard InChI is InChI=1S/C13H15N3O/c1-2-14-9-13(17)16-11-7-10-5-3-4-6-12(10)15-8-11/h3-8,14H,2,9H2,1H3,(H,16,17). The summed E-state index contributed by atoms with van der Waals surface area (Å²) in [4.78, 5) is 15.8. The van der Waals surface area contributed by atoms with Crippen molar-refractivity contribution in [2.75, 3.05) is 18.4 Å². The quantitative estimate of drug-likeness (QED) is 0.840. The molecule has 2 rings (SSSR count). The Morgan fingerprint density at radius 3 is 3.00 bits per heavy atom. The van der Waals surface area contributed by atoms with Crippen molar-refractivity contribution < 1.29 is 4.79 Å². The molecule has 0 bridgehead atoms. The van der Waals surface area contributed by atoms with Crippen LogP contribution in [0.1, 0.15) is 6.92 Å². The lowest BCUT2D eigenvalue weighted by molar-refractivity contribution is -0.115. The van der Waals surface area contributed by atoms with E-state index in [9.17, 15) is 4.79 Å². The van der Waals surface area contributed by atoms with Gasteiger partial charge in [-0.05, 0) is 18.7 Å². The van der Waals surface area contributed by atoms with Gasteiger partial charge in [0.05, 0.1) is 23.9 Å². The molecule has 88 valence electrons. The summed E-state index contributed by atoms with van der Waals surface area (Å²) in [5.74, 6) is -0.0519. The number of pyridine rings is 1. The number of likely N-dealkylation sites (N-methyl/N-ethyl adjacent to an activating group) is 1. The van der Waals surface area contributed by atoms with Crippen LogP contribution in [0.3, 0.4) is 0 Å². The lowest BCUT2D eigenvalue weighted by atomic mass is 10.2. The normalized spacial score (nSPS) is 10.4. The molecule has 2 N–H and O–H groups in total. The Morgan fingerprint density at radius 1 is 1.35 bits per heavy atom. The number of hydrogen-bond donors (Lipinski definition) is 2. The molecule has 0 radical (unpaired) electrons. The van der Waals surface area contributed by atoms with E-state index in [0.29, 0.717) is 6.54 Å². The molecule has 4 heteroatoms. The number of carbonyl (C=O) groups excluding carboxylic acids is 1. The topological polar surface area (TPSA) is 54.0 Å². The highest BCUT2D eigenvalue weighted by molar-refractivity contribution is 5.94. The Bertz CT molecular complexity index is 525. The van der Waals surface area contributed by atoms with Gasteiger partial charge in [0.15, 0.2) is 0 Å². The number of anilines is 1. The van der Waals surface area contributed by atoms with Crippen molar-refractivity contribution in [3.63, 3.8) is 0 Å². The van der Waals surface area contributed by atoms with Crippen molar-refractivity contribution in [1.82, 2.24) is 10.3 Å². The number of benzene rings is 1. The van der Waals surface area contributed by atoms with Crippen LogP contribution in [0.4, 0.5) is 5.69 Å². The summed E-state index contributed by atoms with van der Waals surface area (Å²) in [5, 5.41) is 6.80. The Labute approximate surface area is 100 Å². The largest absolute Gasteiger partial charge is 0.324 e. The predicted octanol–water partition coefficient (Wildman–Crippen LogP) is 1.78. The third kappa shape index (κ3) is 3.01. The summed E-state index contributed by atoms with van der Waals surface area (Å²) in [6.45, 7) is 3.07. The second-order valence-electron chi connectivity index (χ2n) is 3.75. The first kappa shape index (κ1) is 11.5. The third-order valence-electron chi connectivity index (χ3n) is 2.41. The maximum absolute atomic E-state index is 11.5. The van der Waals surface area contributed by atoms with Gasteiger partial charge in [-0.2, -0.15) is 0 Å². The second kappa shape index (κ2) is 5.41. The summed E-state index contributed by atoms with van der Waals surface area (Å²) < 4.78 is 0. The van der Waals surface area contributed by atoms with Crippen molar-refractivity contribution >= 4 is 22.5 Å². The van der Waals surface area contributed by atoms with Gasteiger partial charge in [0, 0.05) is 5.39 Å². The van der Waals surface area contributed by atoms with E-state index < -0.39 is 0 Å². The van der Waals surface area contributed by atoms with Crippen LogP contribution in [0.15, 0.2) is 36.5 Å². The minimum Gasteiger partial charge on any atom is -0.324 e. The molecule has 17 heavy (non-hydrogen) atoms. The second-order valence-corrected chi connectivity index (χ2v) is 3.75. The van der Waals surface area contributed by atoms with Crippen LogP contribution in [0.2, 0.25) is 0 Å². The Morgan fingerprint density at radius 2 is 2.18 bits per heavy atom. The van der Waals surface area contributed by atoms with Gasteiger partial charge in [0.2, 0.25) is 5.91 Å². The number of hydrogen-bond acceptors (Lipinski definition) is 3. The number of para-hydroxylation sites is 1. The zero-order valence-electron chi connectivity index (χ0n) is 9.73. The molecule has 0 spiro atoms. The molecular weight excluding hydrogens is 214 g/mol. The average molecular weight is 229 g/mol. The number of fused-ring (bicyclic) bond motifs is 1. The molecule has 0 saturated carbocycles. The van der Waals surface area contributed by atoms with Crippen molar-refractivity contribution in [3.05, 3.63) is 36.5 Å². The summed E-state index contributed by atoms with van der Waals surface area (Å²) >= 11 is 0. The lowest BCUT2D eigenvalue weighted by Gasteiger charge is -2.06. The molecule has 0 aliphatic heterocycles. The van der Waals surface area contributed by atoms with Crippen LogP contribution in [-0.2, 0) is 4.79 Å². The highest BCUT2D eigenvalue weighted by atomic mass is 16.1. The molecule has 1 heterocycles. The zero-order valence-corrected chi connectivity index (χ0v) is 9.73. The number of amides is 1. The van der Waals surface area contributed by atoms with Crippen LogP contribution in [-0.4, -0.2) is 24.0 Å². The van der Waals surface area contributed by atoms with Gasteiger partial charge in [0.1, 0.15) is 0 Å². The minimum absolute atomic E-state index is 0.0519. The number of rotatable bonds is 4. The molecule has 1 aromatic heterocycles. The van der Waals surface area contributed by atoms with Crippen molar-refractivity contribution in [1.29, 1.82) is 0 Å². The molecule has 0 unspecified atom stereocenters. The van der Waals surface area contributed by atoms with E-state index >= 15 is 0 Å². The molecular formula is C13H15N3O. The van der Waals surface area contributed by atoms with E-state index in [1.54, 1.807) is 6.20 Å². The van der Waals surface area contributed by atoms with Crippen LogP contribution in [0, 0.1) is 0 Å². The van der Waals surface area contributed by atoms with Gasteiger partial charge >= 0.3 is 0 Å². The SMILES string of the molecule is CCNCC(=O)Nc1cnc2ccccc2c1. The van der Waals surface area contributed by atoms with Crippen LogP contribution in [0.5, 0.6) is 0 Å². The molecule has 0 aliphatic carbocycles. The average Bonchev–Trinajstić information content (AvgIpc) is 2.36. The highest BCUT2D eigenvalue weighted by Gasteiger charge is 2.02. The maximum Gasteiger partial charge on any atom is 0.238 e. The fourth-order valence-electron chi connectivity index (χ4n) is 1.58. The molecule has 1 aromatic carbocycles. The van der Waals surface area contributed by atoms with Gasteiger partial charge in [-0.1, -0.05) is 25.1 Å². The molecule has 0 saturated heterocycles. The summed E-state index contributed by atoms with van der Waals surface area (Å²) in [5.41, 5.74) is 1.66. The van der Waals surface area contributed by atoms with Crippen molar-refractivity contribution in [3.8, 4) is 0 Å². The van der Waals surface area contributed by atoms with E-state index in [1.807, 2.05) is 37.3 Å². The highest BCUT2D eigenvalue weighted by Crippen LogP contribution is 2.15. The smallest absolute Gasteiger partial charge is 0.238 e. The van der Waals surface area contributed by atoms with Gasteiger partial charge in [-0.3, -0.25) is 9.78 Å². The van der Waals surface area contributed by atoms with Gasteiger partial charge in [-0.15, -0.1) is 0 Å². The molecule has 0 fully saturated rings. The molecule has 0 atom stereocenters. The first-order chi connectivity index (χ1) is 8.29. The Balaban J connectivity index is 2.11. The van der Waals surface area contributed by atoms with E-state index in [0.717, 1.165) is 23.1 Å². The minimum atomic E-state index is -0.0519. The summed E-state index contributed by atoms with van der Waals surface area (Å²) in [6.07, 6.45) is 1.67. The summed E-state index contributed by atoms with van der Waals surface area (Å²) in [7, 11) is 0. The van der Waals surface area contributed by atoms with E-state index in [-0.39, 0.29) is 5.91 Å². The molecule has 1 amide bonds. The van der Waals surface area contributed by atoms with Crippen molar-refractivity contribution in [2.24, 2.45) is 0 Å². The fourth-order valence-corrected chi connectivity index (χ4v) is 1.58. The van der Waals surface area contributed by atoms with E-state index in [2.05, 4.69) is 15.6 Å². The Kier molecular flexibility index (Phi) is 3.67. The van der Waals surface area contributed by atoms with Gasteiger partial charge in [0.25, 0.3) is 0 Å². The van der Waals surface area contributed by atoms with Crippen molar-refractivity contribution in [2.45, 2.75) is 6.92 Å². The molecule has 0 aliphatic rings. The molecule has 2 aromatic rings. The van der Waals surface area contributed by atoms with Gasteiger partial charge in [-0.25, -0.2) is 0 Å². The van der Waals surface area contributed by atoms with Gasteiger partial charge < -0.3 is 10.6 Å². The maximum atomic E-state index is 11.5.